The van der Waals surface area contributed by atoms with E-state index in [-0.39, 0.29) is 84.3 Å². The predicted molar refractivity (Wildman–Crippen MR) is 214 cm³/mol. The van der Waals surface area contributed by atoms with Gasteiger partial charge in [-0.1, -0.05) is 37.3 Å². The van der Waals surface area contributed by atoms with E-state index in [9.17, 15) is 19.5 Å². The lowest BCUT2D eigenvalue weighted by atomic mass is 9.70. The van der Waals surface area contributed by atoms with E-state index >= 15 is 0 Å². The number of rotatable bonds is 11. The van der Waals surface area contributed by atoms with Crippen molar-refractivity contribution in [3.05, 3.63) is 36.0 Å². The fourth-order valence-corrected chi connectivity index (χ4v) is 11.0. The van der Waals surface area contributed by atoms with Gasteiger partial charge in [-0.2, -0.15) is 0 Å². The fraction of sp³-hybridized carbons (Fsp3) is 0.800. The molecular formula is C45H69NO12. The van der Waals surface area contributed by atoms with Gasteiger partial charge in [0.05, 0.1) is 44.4 Å². The highest BCUT2D eigenvalue weighted by atomic mass is 16.7. The third-order valence-electron chi connectivity index (χ3n) is 14.0. The maximum atomic E-state index is 14.8. The quantitative estimate of drug-likeness (QED) is 0.216. The molecule has 3 aliphatic carbocycles. The van der Waals surface area contributed by atoms with E-state index < -0.39 is 55.1 Å². The topological polar surface area (TPSA) is 149 Å². The number of carbonyl (C=O) groups is 3. The Morgan fingerprint density at radius 1 is 0.948 bits per heavy atom. The molecule has 58 heavy (non-hydrogen) atoms. The summed E-state index contributed by atoms with van der Waals surface area (Å²) >= 11 is 0. The Morgan fingerprint density at radius 3 is 2.38 bits per heavy atom. The first kappa shape index (κ1) is 45.0. The first-order chi connectivity index (χ1) is 27.8. The number of likely N-dealkylation sites (N-methyl/N-ethyl adjacent to an activating group) is 1. The second-order valence-corrected chi connectivity index (χ2v) is 17.8. The lowest BCUT2D eigenvalue weighted by molar-refractivity contribution is -0.311. The Bertz CT molecular complexity index is 1510. The molecule has 13 nitrogen and oxygen atoms in total. The number of allylic oxidation sites excluding steroid dienone is 5. The lowest BCUT2D eigenvalue weighted by Gasteiger charge is -2.42. The Kier molecular flexibility index (Phi) is 15.5. The molecule has 6 rings (SSSR count). The van der Waals surface area contributed by atoms with Gasteiger partial charge in [0, 0.05) is 38.0 Å². The average Bonchev–Trinajstić information content (AvgIpc) is 3.76. The van der Waals surface area contributed by atoms with Crippen LogP contribution in [-0.4, -0.2) is 131 Å². The van der Waals surface area contributed by atoms with Crippen LogP contribution in [0.25, 0.3) is 0 Å². The first-order valence-corrected chi connectivity index (χ1v) is 21.6. The number of hydrogen-bond donors (Lipinski definition) is 1. The number of hydrogen-bond acceptors (Lipinski definition) is 13. The molecule has 0 aromatic carbocycles. The normalized spacial score (nSPS) is 42.8. The van der Waals surface area contributed by atoms with Gasteiger partial charge in [-0.25, -0.2) is 0 Å². The van der Waals surface area contributed by atoms with Gasteiger partial charge in [-0.15, -0.1) is 0 Å². The molecule has 6 unspecified atom stereocenters. The number of ether oxygens (including phenoxy) is 8. The molecule has 0 amide bonds. The zero-order valence-electron chi connectivity index (χ0n) is 36.0. The van der Waals surface area contributed by atoms with Gasteiger partial charge in [-0.3, -0.25) is 14.4 Å². The summed E-state index contributed by atoms with van der Waals surface area (Å²) in [5, 5.41) is 11.0. The minimum Gasteiger partial charge on any atom is -0.469 e. The molecule has 0 aromatic rings. The smallest absolute Gasteiger partial charge is 0.306 e. The Labute approximate surface area is 345 Å². The van der Waals surface area contributed by atoms with Gasteiger partial charge in [-0.05, 0) is 109 Å². The summed E-state index contributed by atoms with van der Waals surface area (Å²) in [6, 6.07) is 0.281. The molecule has 3 saturated heterocycles. The van der Waals surface area contributed by atoms with Gasteiger partial charge < -0.3 is 47.9 Å². The first-order valence-electron chi connectivity index (χ1n) is 21.6. The van der Waals surface area contributed by atoms with Crippen molar-refractivity contribution in [2.24, 2.45) is 41.4 Å². The number of Topliss-reactive ketones (excluding diaryl/α,β-unsaturated/α-hetero) is 1. The van der Waals surface area contributed by atoms with Gasteiger partial charge in [0.1, 0.15) is 24.4 Å². The number of aliphatic hydroxyl groups is 1. The van der Waals surface area contributed by atoms with Crippen LogP contribution in [0.3, 0.4) is 0 Å². The van der Waals surface area contributed by atoms with E-state index in [2.05, 4.69) is 44.1 Å². The maximum Gasteiger partial charge on any atom is 0.306 e. The summed E-state index contributed by atoms with van der Waals surface area (Å²) in [6.07, 6.45) is 10.4. The highest BCUT2D eigenvalue weighted by molar-refractivity contribution is 5.99. The van der Waals surface area contributed by atoms with Crippen LogP contribution < -0.4 is 0 Å². The van der Waals surface area contributed by atoms with Crippen molar-refractivity contribution < 1.29 is 57.4 Å². The zero-order chi connectivity index (χ0) is 41.8. The third-order valence-corrected chi connectivity index (χ3v) is 14.0. The van der Waals surface area contributed by atoms with Crippen molar-refractivity contribution in [1.82, 2.24) is 4.90 Å². The largest absolute Gasteiger partial charge is 0.469 e. The van der Waals surface area contributed by atoms with E-state index in [4.69, 9.17) is 37.9 Å². The van der Waals surface area contributed by atoms with Crippen molar-refractivity contribution >= 4 is 17.7 Å². The van der Waals surface area contributed by atoms with Crippen LogP contribution in [0.1, 0.15) is 85.5 Å². The predicted octanol–water partition coefficient (Wildman–Crippen LogP) is 5.18. The van der Waals surface area contributed by atoms with Crippen molar-refractivity contribution in [3.63, 3.8) is 0 Å². The Balaban J connectivity index is 1.25. The van der Waals surface area contributed by atoms with Crippen LogP contribution in [0.2, 0.25) is 0 Å². The summed E-state index contributed by atoms with van der Waals surface area (Å²) in [4.78, 5) is 43.6. The second-order valence-electron chi connectivity index (χ2n) is 17.8. The van der Waals surface area contributed by atoms with Gasteiger partial charge in [0.2, 0.25) is 0 Å². The van der Waals surface area contributed by atoms with E-state index in [0.717, 1.165) is 25.7 Å². The minimum atomic E-state index is -0.911. The molecule has 1 N–H and O–H groups in total. The molecule has 0 radical (unpaired) electrons. The van der Waals surface area contributed by atoms with Crippen LogP contribution in [-0.2, 0) is 52.3 Å². The van der Waals surface area contributed by atoms with Gasteiger partial charge in [0.15, 0.2) is 18.4 Å². The molecule has 0 spiro atoms. The van der Waals surface area contributed by atoms with E-state index in [1.165, 1.54) is 14.2 Å². The van der Waals surface area contributed by atoms with Crippen LogP contribution >= 0.6 is 0 Å². The molecule has 18 atom stereocenters. The number of ketones is 1. The van der Waals surface area contributed by atoms with Crippen LogP contribution in [0, 0.1) is 41.4 Å². The van der Waals surface area contributed by atoms with Crippen molar-refractivity contribution in [2.45, 2.75) is 153 Å². The molecular weight excluding hydrogens is 746 g/mol. The van der Waals surface area contributed by atoms with Crippen LogP contribution in [0.15, 0.2) is 36.0 Å². The molecule has 0 bridgehead atoms. The number of nitrogens with zero attached hydrogens (tertiary/aromatic N) is 1. The zero-order valence-corrected chi connectivity index (χ0v) is 36.0. The number of methoxy groups -OCH3 is 3. The summed E-state index contributed by atoms with van der Waals surface area (Å²) in [5.74, 6) is -1.63. The fourth-order valence-electron chi connectivity index (χ4n) is 11.0. The summed E-state index contributed by atoms with van der Waals surface area (Å²) < 4.78 is 48.4. The highest BCUT2D eigenvalue weighted by Gasteiger charge is 2.52. The highest BCUT2D eigenvalue weighted by Crippen LogP contribution is 2.54. The van der Waals surface area contributed by atoms with E-state index in [0.29, 0.717) is 24.8 Å². The molecule has 6 aliphatic rings. The molecule has 326 valence electrons. The number of esters is 2. The summed E-state index contributed by atoms with van der Waals surface area (Å²) in [6.45, 7) is 7.78. The minimum absolute atomic E-state index is 0.00629. The monoisotopic (exact) mass is 815 g/mol. The third kappa shape index (κ3) is 9.83. The number of carbonyl (C=O) groups excluding carboxylic acids is 3. The Morgan fingerprint density at radius 2 is 1.71 bits per heavy atom. The lowest BCUT2D eigenvalue weighted by Crippen LogP contribution is -2.59. The molecule has 1 saturated carbocycles. The summed E-state index contributed by atoms with van der Waals surface area (Å²) in [7, 11) is 8.57. The summed E-state index contributed by atoms with van der Waals surface area (Å²) in [5.41, 5.74) is 0.669. The molecule has 13 heteroatoms. The van der Waals surface area contributed by atoms with E-state index in [1.807, 2.05) is 32.9 Å². The van der Waals surface area contributed by atoms with Crippen LogP contribution in [0.5, 0.6) is 0 Å². The molecule has 3 aliphatic heterocycles. The average molecular weight is 816 g/mol. The number of aliphatic hydroxyl groups excluding tert-OH is 1. The van der Waals surface area contributed by atoms with Gasteiger partial charge in [0.25, 0.3) is 0 Å². The standard InChI is InChI=1S/C45H69NO12/c1-10-12-28(20-38(47)51-7)37-14-11-13-36(58-40-18-17-35(46(5)6)25(3)54-40)24(2)41(49)34-22-32-30(33(34)23-39(48)57-37)16-15-27-19-29(21-31(27)32)56-45-44(53-9)42(50)43(52-8)26(4)55-45/h10,12,15-16,22,24-33,35-37,40,42-45,50H,11,13-14,17-21,23H2,1-9H3/b12-10+/t24-,25-,26+,27?,28?,29-,30?,31?,32?,33?,35+,36+,37-,40+,42-,43+,44-,45+/m1/s1. The second kappa shape index (κ2) is 19.9. The SMILES string of the molecule is C/C=C/C(CC(=O)OC)[C@H]1CCC[C@H](O[C@H]2CC[C@H](N(C)C)[C@@H](C)O2)[C@@H](C)C(=O)C2=CC3C(C=CC4C[C@@H](O[C@@H]5O[C@@H](C)[C@H](OC)[C@@H](O)[C@H]5OC)CC43)C2CC(=O)O1. The molecule has 3 heterocycles. The van der Waals surface area contributed by atoms with Crippen LogP contribution in [0.4, 0.5) is 0 Å². The van der Waals surface area contributed by atoms with Crippen molar-refractivity contribution in [2.75, 3.05) is 35.4 Å². The Hall–Kier alpha value is -2.49. The van der Waals surface area contributed by atoms with E-state index in [1.54, 1.807) is 7.11 Å². The number of fused-ring (bicyclic) bond motifs is 5. The van der Waals surface area contributed by atoms with Crippen molar-refractivity contribution in [1.29, 1.82) is 0 Å². The number of cyclic esters (lactones) is 1. The maximum absolute atomic E-state index is 14.8. The van der Waals surface area contributed by atoms with Crippen molar-refractivity contribution in [3.8, 4) is 0 Å². The van der Waals surface area contributed by atoms with Gasteiger partial charge >= 0.3 is 11.9 Å². The molecule has 0 aromatic heterocycles. The molecule has 4 fully saturated rings.